The minimum Gasteiger partial charge on any atom is -0.300 e. The lowest BCUT2D eigenvalue weighted by molar-refractivity contribution is 0.588. The molecule has 3 aromatic heterocycles. The molecular formula is C20H15N5O2S. The number of fused-ring (bicyclic) bond motifs is 2. The second kappa shape index (κ2) is 6.28. The number of sulfone groups is 1. The summed E-state index contributed by atoms with van der Waals surface area (Å²) in [7, 11) is -3.63. The molecule has 2 aromatic carbocycles. The summed E-state index contributed by atoms with van der Waals surface area (Å²) < 4.78 is 25.5. The van der Waals surface area contributed by atoms with E-state index in [0.29, 0.717) is 16.6 Å². The molecule has 5 aromatic rings. The fraction of sp³-hybridized carbons (Fsp3) is 0.0500. The molecule has 2 N–H and O–H groups in total. The first-order chi connectivity index (χ1) is 13.6. The van der Waals surface area contributed by atoms with Gasteiger partial charge in [0.2, 0.25) is 15.0 Å². The molecule has 8 heteroatoms. The molecule has 0 fully saturated rings. The molecule has 0 unspecified atom stereocenters. The van der Waals surface area contributed by atoms with Crippen LogP contribution < -0.4 is 0 Å². The Morgan fingerprint density at radius 1 is 0.857 bits per heavy atom. The zero-order valence-corrected chi connectivity index (χ0v) is 15.4. The summed E-state index contributed by atoms with van der Waals surface area (Å²) in [5, 5.41) is 7.01. The van der Waals surface area contributed by atoms with Crippen LogP contribution in [0.5, 0.6) is 0 Å². The Kier molecular flexibility index (Phi) is 3.73. The molecule has 5 rings (SSSR count). The number of nitrogens with zero attached hydrogens (tertiary/aromatic N) is 3. The Balaban J connectivity index is 1.60. The number of benzene rings is 2. The molecule has 0 aliphatic heterocycles. The van der Waals surface area contributed by atoms with Gasteiger partial charge in [0.25, 0.3) is 0 Å². The van der Waals surface area contributed by atoms with E-state index >= 15 is 0 Å². The first-order valence-corrected chi connectivity index (χ1v) is 10.3. The van der Waals surface area contributed by atoms with Crippen LogP contribution in [0.15, 0.2) is 72.1 Å². The Morgan fingerprint density at radius 2 is 1.57 bits per heavy atom. The molecule has 0 atom stereocenters. The molecule has 0 bridgehead atoms. The normalized spacial score (nSPS) is 12.0. The maximum Gasteiger partial charge on any atom is 0.248 e. The van der Waals surface area contributed by atoms with Crippen molar-refractivity contribution in [1.29, 1.82) is 0 Å². The van der Waals surface area contributed by atoms with Crippen LogP contribution >= 0.6 is 0 Å². The highest BCUT2D eigenvalue weighted by Gasteiger charge is 2.22. The van der Waals surface area contributed by atoms with Crippen LogP contribution in [0.25, 0.3) is 33.2 Å². The van der Waals surface area contributed by atoms with Crippen LogP contribution in [-0.4, -0.2) is 33.6 Å². The van der Waals surface area contributed by atoms with Gasteiger partial charge in [-0.3, -0.25) is 10.1 Å². The highest BCUT2D eigenvalue weighted by molar-refractivity contribution is 7.90. The van der Waals surface area contributed by atoms with E-state index in [9.17, 15) is 8.42 Å². The lowest BCUT2D eigenvalue weighted by Gasteiger charge is -1.99. The Bertz CT molecular complexity index is 1390. The van der Waals surface area contributed by atoms with Gasteiger partial charge in [-0.25, -0.2) is 18.4 Å². The molecular weight excluding hydrogens is 374 g/mol. The fourth-order valence-electron chi connectivity index (χ4n) is 3.24. The van der Waals surface area contributed by atoms with Crippen molar-refractivity contribution in [2.24, 2.45) is 0 Å². The molecule has 28 heavy (non-hydrogen) atoms. The number of hydrogen-bond donors (Lipinski definition) is 2. The maximum atomic E-state index is 12.7. The summed E-state index contributed by atoms with van der Waals surface area (Å²) in [6.07, 6.45) is 3.44. The zero-order chi connectivity index (χ0) is 19.1. The van der Waals surface area contributed by atoms with Gasteiger partial charge in [-0.05, 0) is 29.8 Å². The molecule has 0 amide bonds. The summed E-state index contributed by atoms with van der Waals surface area (Å²) in [5.41, 5.74) is 4.47. The van der Waals surface area contributed by atoms with E-state index < -0.39 is 9.84 Å². The number of nitrogens with one attached hydrogen (secondary N) is 2. The van der Waals surface area contributed by atoms with Gasteiger partial charge in [0, 0.05) is 23.3 Å². The van der Waals surface area contributed by atoms with Crippen molar-refractivity contribution in [3.63, 3.8) is 0 Å². The van der Waals surface area contributed by atoms with E-state index in [4.69, 9.17) is 0 Å². The third-order valence-corrected chi connectivity index (χ3v) is 6.04. The van der Waals surface area contributed by atoms with Crippen LogP contribution in [0, 0.1) is 0 Å². The van der Waals surface area contributed by atoms with Crippen LogP contribution in [0.3, 0.4) is 0 Å². The molecule has 0 saturated heterocycles. The summed E-state index contributed by atoms with van der Waals surface area (Å²) in [5.74, 6) is -0.127. The van der Waals surface area contributed by atoms with Crippen molar-refractivity contribution in [3.8, 4) is 11.3 Å². The van der Waals surface area contributed by atoms with Gasteiger partial charge in [-0.15, -0.1) is 0 Å². The lowest BCUT2D eigenvalue weighted by Crippen LogP contribution is -2.06. The van der Waals surface area contributed by atoms with Gasteiger partial charge in [0.1, 0.15) is 0 Å². The largest absolute Gasteiger partial charge is 0.300 e. The average molecular weight is 389 g/mol. The first-order valence-electron chi connectivity index (χ1n) is 8.65. The smallest absolute Gasteiger partial charge is 0.248 e. The monoisotopic (exact) mass is 389 g/mol. The molecule has 3 heterocycles. The van der Waals surface area contributed by atoms with Crippen molar-refractivity contribution in [3.05, 3.63) is 72.6 Å². The second-order valence-corrected chi connectivity index (χ2v) is 8.38. The SMILES string of the molecule is O=S(=O)(Cc1ccccc1)c1nc2cc3[nH][nH]c(-c4ccncc4)c3cc2n1. The van der Waals surface area contributed by atoms with E-state index in [-0.39, 0.29) is 10.9 Å². The highest BCUT2D eigenvalue weighted by Crippen LogP contribution is 2.29. The molecule has 7 nitrogen and oxygen atoms in total. The summed E-state index contributed by atoms with van der Waals surface area (Å²) in [6.45, 7) is 0. The van der Waals surface area contributed by atoms with E-state index in [0.717, 1.165) is 22.2 Å². The van der Waals surface area contributed by atoms with Gasteiger partial charge < -0.3 is 5.10 Å². The number of imidazole rings is 1. The lowest BCUT2D eigenvalue weighted by atomic mass is 10.1. The fourth-order valence-corrected chi connectivity index (χ4v) is 4.47. The number of aromatic nitrogens is 5. The van der Waals surface area contributed by atoms with Crippen LogP contribution in [0.2, 0.25) is 0 Å². The second-order valence-electron chi connectivity index (χ2n) is 6.50. The van der Waals surface area contributed by atoms with E-state index in [2.05, 4.69) is 25.1 Å². The van der Waals surface area contributed by atoms with Crippen LogP contribution in [-0.2, 0) is 15.6 Å². The van der Waals surface area contributed by atoms with Gasteiger partial charge in [-0.1, -0.05) is 30.3 Å². The summed E-state index contributed by atoms with van der Waals surface area (Å²) >= 11 is 0. The van der Waals surface area contributed by atoms with Crippen molar-refractivity contribution in [1.82, 2.24) is 25.1 Å². The zero-order valence-electron chi connectivity index (χ0n) is 14.6. The number of pyridine rings is 1. The van der Waals surface area contributed by atoms with Crippen molar-refractivity contribution >= 4 is 31.8 Å². The third-order valence-electron chi connectivity index (χ3n) is 4.59. The predicted octanol–water partition coefficient (Wildman–Crippen LogP) is 3.48. The van der Waals surface area contributed by atoms with E-state index in [1.807, 2.05) is 36.4 Å². The van der Waals surface area contributed by atoms with Gasteiger partial charge in [0.15, 0.2) is 0 Å². The Labute approximate surface area is 160 Å². The Hall–Kier alpha value is -3.52. The van der Waals surface area contributed by atoms with Crippen LogP contribution in [0.1, 0.15) is 5.56 Å². The summed E-state index contributed by atoms with van der Waals surface area (Å²) in [4.78, 5) is 12.6. The predicted molar refractivity (Wildman–Crippen MR) is 106 cm³/mol. The van der Waals surface area contributed by atoms with Gasteiger partial charge >= 0.3 is 0 Å². The van der Waals surface area contributed by atoms with E-state index in [1.165, 1.54) is 0 Å². The number of aromatic amines is 2. The van der Waals surface area contributed by atoms with Crippen molar-refractivity contribution in [2.45, 2.75) is 10.9 Å². The summed E-state index contributed by atoms with van der Waals surface area (Å²) in [6, 6.07) is 16.5. The Morgan fingerprint density at radius 3 is 2.32 bits per heavy atom. The first kappa shape index (κ1) is 16.6. The molecule has 0 radical (unpaired) electrons. The van der Waals surface area contributed by atoms with E-state index in [1.54, 1.807) is 30.6 Å². The van der Waals surface area contributed by atoms with Gasteiger partial charge in [-0.2, -0.15) is 0 Å². The maximum absolute atomic E-state index is 12.7. The van der Waals surface area contributed by atoms with Crippen molar-refractivity contribution in [2.75, 3.05) is 0 Å². The quantitative estimate of drug-likeness (QED) is 0.490. The third kappa shape index (κ3) is 2.84. The topological polar surface area (TPSA) is 104 Å². The average Bonchev–Trinajstić information content (AvgIpc) is 3.31. The molecule has 0 aliphatic rings. The molecule has 0 aliphatic carbocycles. The number of H-pyrrole nitrogens is 2. The molecule has 0 saturated carbocycles. The molecule has 0 spiro atoms. The van der Waals surface area contributed by atoms with Gasteiger partial charge in [0.05, 0.1) is 28.0 Å². The van der Waals surface area contributed by atoms with Crippen LogP contribution in [0.4, 0.5) is 0 Å². The minimum absolute atomic E-state index is 0.127. The molecule has 138 valence electrons. The minimum atomic E-state index is -3.63. The number of rotatable bonds is 4. The number of hydrogen-bond acceptors (Lipinski definition) is 5. The standard InChI is InChI=1S/C20H15N5O2S/c26-28(27,12-13-4-2-1-3-5-13)20-22-17-10-15-16(11-18(17)23-20)24-25-19(15)14-6-8-21-9-7-14/h1-11,24-25H,12H2. The van der Waals surface area contributed by atoms with Crippen molar-refractivity contribution < 1.29 is 8.42 Å². The highest BCUT2D eigenvalue weighted by atomic mass is 32.2.